The van der Waals surface area contributed by atoms with Crippen LogP contribution < -0.4 is 10.1 Å². The van der Waals surface area contributed by atoms with E-state index in [9.17, 15) is 4.79 Å². The molecule has 3 aromatic carbocycles. The molecule has 0 aliphatic heterocycles. The number of anilines is 1. The summed E-state index contributed by atoms with van der Waals surface area (Å²) in [4.78, 5) is 17.3. The SMILES string of the molecule is Cc1cc(-c2nc3ccccc3s2)ccc1NC(=O)c1ccc(OC(C)C)cc1. The minimum absolute atomic E-state index is 0.103. The van der Waals surface area contributed by atoms with Gasteiger partial charge in [0.25, 0.3) is 5.91 Å². The lowest BCUT2D eigenvalue weighted by Gasteiger charge is -2.11. The van der Waals surface area contributed by atoms with Crippen LogP contribution in [0.25, 0.3) is 20.8 Å². The van der Waals surface area contributed by atoms with Gasteiger partial charge in [0.2, 0.25) is 0 Å². The van der Waals surface area contributed by atoms with Crippen molar-refractivity contribution in [3.8, 4) is 16.3 Å². The van der Waals surface area contributed by atoms with E-state index in [1.54, 1.807) is 23.5 Å². The number of carbonyl (C=O) groups excluding carboxylic acids is 1. The Bertz CT molecular complexity index is 1130. The molecule has 4 aromatic rings. The van der Waals surface area contributed by atoms with Crippen molar-refractivity contribution in [2.24, 2.45) is 0 Å². The van der Waals surface area contributed by atoms with Crippen LogP contribution in [-0.4, -0.2) is 17.0 Å². The summed E-state index contributed by atoms with van der Waals surface area (Å²) in [6.07, 6.45) is 0.103. The molecule has 0 saturated heterocycles. The van der Waals surface area contributed by atoms with Crippen molar-refractivity contribution in [3.05, 3.63) is 77.9 Å². The maximum absolute atomic E-state index is 12.6. The van der Waals surface area contributed by atoms with Gasteiger partial charge >= 0.3 is 0 Å². The molecule has 0 saturated carbocycles. The predicted octanol–water partition coefficient (Wildman–Crippen LogP) is 6.31. The molecule has 0 aliphatic rings. The zero-order chi connectivity index (χ0) is 20.4. The average Bonchev–Trinajstić information content (AvgIpc) is 3.14. The summed E-state index contributed by atoms with van der Waals surface area (Å²) < 4.78 is 6.80. The number of rotatable bonds is 5. The molecule has 0 fully saturated rings. The standard InChI is InChI=1S/C24H22N2O2S/c1-15(2)28-19-11-8-17(9-12-19)23(27)25-20-13-10-18(14-16(20)3)24-26-21-6-4-5-7-22(21)29-24/h4-15H,1-3H3,(H,25,27). The fraction of sp³-hybridized carbons (Fsp3) is 0.167. The van der Waals surface area contributed by atoms with Crippen molar-refractivity contribution in [2.45, 2.75) is 26.9 Å². The van der Waals surface area contributed by atoms with Gasteiger partial charge in [-0.2, -0.15) is 0 Å². The fourth-order valence-electron chi connectivity index (χ4n) is 3.08. The van der Waals surface area contributed by atoms with Crippen molar-refractivity contribution >= 4 is 33.1 Å². The van der Waals surface area contributed by atoms with Gasteiger partial charge in [0, 0.05) is 16.8 Å². The Kier molecular flexibility index (Phi) is 5.32. The summed E-state index contributed by atoms with van der Waals surface area (Å²) in [5, 5.41) is 3.97. The van der Waals surface area contributed by atoms with Gasteiger partial charge < -0.3 is 10.1 Å². The van der Waals surface area contributed by atoms with Crippen LogP contribution in [0.3, 0.4) is 0 Å². The Morgan fingerprint density at radius 2 is 1.79 bits per heavy atom. The molecule has 0 atom stereocenters. The van der Waals surface area contributed by atoms with Gasteiger partial charge in [-0.05, 0) is 80.9 Å². The number of amides is 1. The summed E-state index contributed by atoms with van der Waals surface area (Å²) >= 11 is 1.67. The molecule has 4 nitrogen and oxygen atoms in total. The minimum Gasteiger partial charge on any atom is -0.491 e. The molecule has 0 radical (unpaired) electrons. The molecule has 1 heterocycles. The Balaban J connectivity index is 1.51. The summed E-state index contributed by atoms with van der Waals surface area (Å²) in [7, 11) is 0. The van der Waals surface area contributed by atoms with Crippen molar-refractivity contribution in [3.63, 3.8) is 0 Å². The second-order valence-electron chi connectivity index (χ2n) is 7.16. The fourth-order valence-corrected chi connectivity index (χ4v) is 4.05. The minimum atomic E-state index is -0.142. The molecular formula is C24H22N2O2S. The van der Waals surface area contributed by atoms with Crippen LogP contribution in [0.15, 0.2) is 66.7 Å². The van der Waals surface area contributed by atoms with Crippen molar-refractivity contribution in [1.29, 1.82) is 0 Å². The van der Waals surface area contributed by atoms with E-state index >= 15 is 0 Å². The second-order valence-corrected chi connectivity index (χ2v) is 8.19. The summed E-state index contributed by atoms with van der Waals surface area (Å²) in [6, 6.07) is 21.3. The van der Waals surface area contributed by atoms with Crippen LogP contribution >= 0.6 is 11.3 Å². The number of carbonyl (C=O) groups is 1. The van der Waals surface area contributed by atoms with Crippen LogP contribution in [0, 0.1) is 6.92 Å². The zero-order valence-electron chi connectivity index (χ0n) is 16.6. The Hall–Kier alpha value is -3.18. The first-order chi connectivity index (χ1) is 14.0. The summed E-state index contributed by atoms with van der Waals surface area (Å²) in [6.45, 7) is 5.94. The molecule has 1 amide bonds. The number of benzene rings is 3. The topological polar surface area (TPSA) is 51.2 Å². The number of nitrogens with zero attached hydrogens (tertiary/aromatic N) is 1. The first-order valence-corrected chi connectivity index (χ1v) is 10.4. The first kappa shape index (κ1) is 19.2. The third kappa shape index (κ3) is 4.30. The Labute approximate surface area is 174 Å². The molecule has 0 spiro atoms. The number of ether oxygens (including phenoxy) is 1. The van der Waals surface area contributed by atoms with Crippen LogP contribution in [0.1, 0.15) is 29.8 Å². The summed E-state index contributed by atoms with van der Waals surface area (Å²) in [5.41, 5.74) is 4.44. The average molecular weight is 403 g/mol. The Morgan fingerprint density at radius 3 is 2.48 bits per heavy atom. The lowest BCUT2D eigenvalue weighted by atomic mass is 10.1. The molecule has 1 aromatic heterocycles. The van der Waals surface area contributed by atoms with E-state index in [0.29, 0.717) is 5.56 Å². The molecule has 146 valence electrons. The van der Waals surface area contributed by atoms with E-state index in [4.69, 9.17) is 9.72 Å². The van der Waals surface area contributed by atoms with E-state index in [1.165, 1.54) is 4.70 Å². The van der Waals surface area contributed by atoms with Crippen LogP contribution in [0.4, 0.5) is 5.69 Å². The van der Waals surface area contributed by atoms with Gasteiger partial charge in [-0.1, -0.05) is 12.1 Å². The first-order valence-electron chi connectivity index (χ1n) is 9.54. The van der Waals surface area contributed by atoms with Crippen molar-refractivity contribution < 1.29 is 9.53 Å². The van der Waals surface area contributed by atoms with Crippen molar-refractivity contribution in [2.75, 3.05) is 5.32 Å². The molecule has 4 rings (SSSR count). The number of hydrogen-bond donors (Lipinski definition) is 1. The molecule has 5 heteroatoms. The van der Waals surface area contributed by atoms with Gasteiger partial charge in [-0.3, -0.25) is 4.79 Å². The molecule has 0 bridgehead atoms. The Morgan fingerprint density at radius 1 is 1.03 bits per heavy atom. The van der Waals surface area contributed by atoms with Crippen LogP contribution in [-0.2, 0) is 0 Å². The maximum Gasteiger partial charge on any atom is 0.255 e. The van der Waals surface area contributed by atoms with E-state index in [-0.39, 0.29) is 12.0 Å². The lowest BCUT2D eigenvalue weighted by Crippen LogP contribution is -2.13. The molecule has 0 aliphatic carbocycles. The molecule has 1 N–H and O–H groups in total. The normalized spacial score (nSPS) is 11.0. The number of aryl methyl sites for hydroxylation is 1. The van der Waals surface area contributed by atoms with E-state index in [2.05, 4.69) is 17.4 Å². The number of thiazole rings is 1. The molecular weight excluding hydrogens is 380 g/mol. The van der Waals surface area contributed by atoms with E-state index < -0.39 is 0 Å². The number of fused-ring (bicyclic) bond motifs is 1. The smallest absolute Gasteiger partial charge is 0.255 e. The summed E-state index contributed by atoms with van der Waals surface area (Å²) in [5.74, 6) is 0.616. The number of nitrogens with one attached hydrogen (secondary N) is 1. The highest BCUT2D eigenvalue weighted by molar-refractivity contribution is 7.21. The highest BCUT2D eigenvalue weighted by Gasteiger charge is 2.11. The largest absolute Gasteiger partial charge is 0.491 e. The highest BCUT2D eigenvalue weighted by atomic mass is 32.1. The number of para-hydroxylation sites is 1. The molecule has 29 heavy (non-hydrogen) atoms. The predicted molar refractivity (Wildman–Crippen MR) is 120 cm³/mol. The van der Waals surface area contributed by atoms with Crippen molar-refractivity contribution in [1.82, 2.24) is 4.98 Å². The number of hydrogen-bond acceptors (Lipinski definition) is 4. The van der Waals surface area contributed by atoms with Gasteiger partial charge in [0.05, 0.1) is 16.3 Å². The lowest BCUT2D eigenvalue weighted by molar-refractivity contribution is 0.102. The van der Waals surface area contributed by atoms with Gasteiger partial charge in [0.1, 0.15) is 10.8 Å². The van der Waals surface area contributed by atoms with Gasteiger partial charge in [-0.15, -0.1) is 11.3 Å². The highest BCUT2D eigenvalue weighted by Crippen LogP contribution is 2.32. The van der Waals surface area contributed by atoms with E-state index in [1.807, 2.05) is 63.2 Å². The van der Waals surface area contributed by atoms with Gasteiger partial charge in [0.15, 0.2) is 0 Å². The van der Waals surface area contributed by atoms with Crippen LogP contribution in [0.5, 0.6) is 5.75 Å². The third-order valence-electron chi connectivity index (χ3n) is 4.50. The quantitative estimate of drug-likeness (QED) is 0.425. The van der Waals surface area contributed by atoms with Gasteiger partial charge in [-0.25, -0.2) is 4.98 Å². The van der Waals surface area contributed by atoms with Crippen LogP contribution in [0.2, 0.25) is 0 Å². The monoisotopic (exact) mass is 402 g/mol. The maximum atomic E-state index is 12.6. The zero-order valence-corrected chi connectivity index (χ0v) is 17.4. The second kappa shape index (κ2) is 8.05. The third-order valence-corrected chi connectivity index (χ3v) is 5.59. The number of aromatic nitrogens is 1. The molecule has 0 unspecified atom stereocenters. The van der Waals surface area contributed by atoms with E-state index in [0.717, 1.165) is 33.1 Å².